The van der Waals surface area contributed by atoms with Crippen LogP contribution in [0.3, 0.4) is 0 Å². The Labute approximate surface area is 109 Å². The van der Waals surface area contributed by atoms with E-state index in [1.54, 1.807) is 0 Å². The predicted octanol–water partition coefficient (Wildman–Crippen LogP) is 4.11. The van der Waals surface area contributed by atoms with Gasteiger partial charge in [0, 0.05) is 33.7 Å². The first-order valence-corrected chi connectivity index (χ1v) is 6.69. The van der Waals surface area contributed by atoms with Crippen molar-refractivity contribution in [3.63, 3.8) is 0 Å². The van der Waals surface area contributed by atoms with Gasteiger partial charge in [-0.2, -0.15) is 13.2 Å². The lowest BCUT2D eigenvalue weighted by Gasteiger charge is -2.21. The molecule has 0 fully saturated rings. The largest absolute Gasteiger partial charge is 0.401 e. The molecule has 0 bridgehead atoms. The zero-order chi connectivity index (χ0) is 12.2. The maximum absolute atomic E-state index is 12.2. The van der Waals surface area contributed by atoms with Crippen molar-refractivity contribution < 1.29 is 13.2 Å². The van der Waals surface area contributed by atoms with Crippen LogP contribution in [0.5, 0.6) is 0 Å². The van der Waals surface area contributed by atoms with Crippen LogP contribution in [-0.2, 0) is 6.54 Å². The highest BCUT2D eigenvalue weighted by atomic mass is 79.9. The Kier molecular flexibility index (Phi) is 5.56. The highest BCUT2D eigenvalue weighted by Gasteiger charge is 2.30. The van der Waals surface area contributed by atoms with Gasteiger partial charge in [0.1, 0.15) is 0 Å². The summed E-state index contributed by atoms with van der Waals surface area (Å²) >= 11 is 10.2. The molecule has 1 nitrogen and oxygen atoms in total. The molecular formula is C9H10BrClF3NS. The summed E-state index contributed by atoms with van der Waals surface area (Å²) in [5, 5.41) is 1.85. The summed E-state index contributed by atoms with van der Waals surface area (Å²) in [6.45, 7) is -0.408. The summed E-state index contributed by atoms with van der Waals surface area (Å²) in [6.07, 6.45) is -4.18. The molecule has 0 atom stereocenters. The molecule has 0 radical (unpaired) electrons. The lowest BCUT2D eigenvalue weighted by molar-refractivity contribution is -0.146. The number of alkyl halides is 4. The van der Waals surface area contributed by atoms with Crippen molar-refractivity contribution in [3.05, 3.63) is 20.8 Å². The summed E-state index contributed by atoms with van der Waals surface area (Å²) < 4.78 is 37.6. The summed E-state index contributed by atoms with van der Waals surface area (Å²) in [5.74, 6) is 0.197. The van der Waals surface area contributed by atoms with E-state index in [0.29, 0.717) is 0 Å². The van der Waals surface area contributed by atoms with Crippen molar-refractivity contribution >= 4 is 38.9 Å². The first kappa shape index (κ1) is 14.3. The molecule has 0 aliphatic carbocycles. The smallest absolute Gasteiger partial charge is 0.289 e. The van der Waals surface area contributed by atoms with E-state index in [9.17, 15) is 13.2 Å². The summed E-state index contributed by atoms with van der Waals surface area (Å²) in [5.41, 5.74) is 0. The molecule has 0 aliphatic rings. The summed E-state index contributed by atoms with van der Waals surface area (Å²) in [4.78, 5) is 2.19. The third-order valence-electron chi connectivity index (χ3n) is 1.80. The maximum Gasteiger partial charge on any atom is 0.401 e. The molecule has 0 amide bonds. The average Bonchev–Trinajstić information content (AvgIpc) is 2.48. The second kappa shape index (κ2) is 6.23. The van der Waals surface area contributed by atoms with E-state index >= 15 is 0 Å². The van der Waals surface area contributed by atoms with Gasteiger partial charge < -0.3 is 0 Å². The van der Waals surface area contributed by atoms with E-state index in [2.05, 4.69) is 15.9 Å². The molecule has 0 aliphatic heterocycles. The quantitative estimate of drug-likeness (QED) is 0.731. The van der Waals surface area contributed by atoms with Crippen molar-refractivity contribution in [2.45, 2.75) is 12.7 Å². The third kappa shape index (κ3) is 5.52. The van der Waals surface area contributed by atoms with Gasteiger partial charge in [-0.15, -0.1) is 22.9 Å². The molecule has 1 aromatic heterocycles. The summed E-state index contributed by atoms with van der Waals surface area (Å²) in [6, 6.07) is 1.82. The van der Waals surface area contributed by atoms with Crippen molar-refractivity contribution in [2.75, 3.05) is 19.0 Å². The molecule has 0 aromatic carbocycles. The number of nitrogens with zero attached hydrogens (tertiary/aromatic N) is 1. The molecule has 0 spiro atoms. The number of halogens is 5. The Morgan fingerprint density at radius 2 is 2.12 bits per heavy atom. The van der Waals surface area contributed by atoms with Crippen LogP contribution in [0.1, 0.15) is 4.88 Å². The fraction of sp³-hybridized carbons (Fsp3) is 0.556. The van der Waals surface area contributed by atoms with Gasteiger partial charge in [0.05, 0.1) is 6.54 Å². The highest BCUT2D eigenvalue weighted by molar-refractivity contribution is 9.10. The van der Waals surface area contributed by atoms with E-state index in [-0.39, 0.29) is 19.0 Å². The molecule has 16 heavy (non-hydrogen) atoms. The molecule has 0 unspecified atom stereocenters. The van der Waals surface area contributed by atoms with Crippen LogP contribution < -0.4 is 0 Å². The van der Waals surface area contributed by atoms with Gasteiger partial charge >= 0.3 is 6.18 Å². The third-order valence-corrected chi connectivity index (χ3v) is 3.66. The van der Waals surface area contributed by atoms with Gasteiger partial charge in [-0.1, -0.05) is 0 Å². The van der Waals surface area contributed by atoms with E-state index in [1.165, 1.54) is 16.2 Å². The van der Waals surface area contributed by atoms with Gasteiger partial charge in [0.15, 0.2) is 0 Å². The average molecular weight is 337 g/mol. The molecule has 0 saturated carbocycles. The van der Waals surface area contributed by atoms with Crippen LogP contribution >= 0.6 is 38.9 Å². The fourth-order valence-corrected chi connectivity index (χ4v) is 2.98. The van der Waals surface area contributed by atoms with Gasteiger partial charge in [-0.05, 0) is 22.0 Å². The molecule has 1 heterocycles. The Bertz CT molecular complexity index is 329. The summed E-state index contributed by atoms with van der Waals surface area (Å²) in [7, 11) is 0. The van der Waals surface area contributed by atoms with Crippen LogP contribution in [0.4, 0.5) is 13.2 Å². The number of hydrogen-bond donors (Lipinski definition) is 0. The molecule has 7 heteroatoms. The van der Waals surface area contributed by atoms with Gasteiger partial charge in [-0.25, -0.2) is 0 Å². The minimum Gasteiger partial charge on any atom is -0.289 e. The second-order valence-corrected chi connectivity index (χ2v) is 5.54. The molecule has 0 N–H and O–H groups in total. The van der Waals surface area contributed by atoms with Gasteiger partial charge in [0.2, 0.25) is 0 Å². The van der Waals surface area contributed by atoms with Crippen molar-refractivity contribution in [1.82, 2.24) is 4.90 Å². The van der Waals surface area contributed by atoms with E-state index in [0.717, 1.165) is 9.35 Å². The highest BCUT2D eigenvalue weighted by Crippen LogP contribution is 2.23. The van der Waals surface area contributed by atoms with Crippen LogP contribution in [-0.4, -0.2) is 30.0 Å². The molecule has 0 saturated heterocycles. The van der Waals surface area contributed by atoms with Crippen molar-refractivity contribution in [1.29, 1.82) is 0 Å². The minimum atomic E-state index is -4.18. The van der Waals surface area contributed by atoms with Crippen LogP contribution in [0, 0.1) is 0 Å². The minimum absolute atomic E-state index is 0.197. The SMILES string of the molecule is FC(F)(F)CN(CCCl)Cc1cc(Br)cs1. The monoisotopic (exact) mass is 335 g/mol. The Morgan fingerprint density at radius 3 is 2.56 bits per heavy atom. The first-order chi connectivity index (χ1) is 7.40. The molecule has 1 rings (SSSR count). The van der Waals surface area contributed by atoms with Crippen LogP contribution in [0.2, 0.25) is 0 Å². The standard InChI is InChI=1S/C9H10BrClF3NS/c10-7-3-8(16-5-7)4-15(2-1-11)6-9(12,13)14/h3,5H,1-2,4,6H2. The lowest BCUT2D eigenvalue weighted by atomic mass is 10.4. The zero-order valence-electron chi connectivity index (χ0n) is 8.23. The predicted molar refractivity (Wildman–Crippen MR) is 64.1 cm³/mol. The van der Waals surface area contributed by atoms with Crippen LogP contribution in [0.25, 0.3) is 0 Å². The Hall–Kier alpha value is 0.220. The zero-order valence-corrected chi connectivity index (χ0v) is 11.4. The van der Waals surface area contributed by atoms with E-state index < -0.39 is 12.7 Å². The molecule has 92 valence electrons. The van der Waals surface area contributed by atoms with E-state index in [4.69, 9.17) is 11.6 Å². The van der Waals surface area contributed by atoms with E-state index in [1.807, 2.05) is 11.4 Å². The van der Waals surface area contributed by atoms with Crippen molar-refractivity contribution in [3.8, 4) is 0 Å². The first-order valence-electron chi connectivity index (χ1n) is 4.48. The Balaban J connectivity index is 2.57. The number of thiophene rings is 1. The number of rotatable bonds is 5. The second-order valence-electron chi connectivity index (χ2n) is 3.25. The topological polar surface area (TPSA) is 3.24 Å². The van der Waals surface area contributed by atoms with Crippen LogP contribution in [0.15, 0.2) is 15.9 Å². The number of hydrogen-bond acceptors (Lipinski definition) is 2. The van der Waals surface area contributed by atoms with Gasteiger partial charge in [0.25, 0.3) is 0 Å². The van der Waals surface area contributed by atoms with Gasteiger partial charge in [-0.3, -0.25) is 4.90 Å². The van der Waals surface area contributed by atoms with Crippen molar-refractivity contribution in [2.24, 2.45) is 0 Å². The normalized spacial score (nSPS) is 12.4. The Morgan fingerprint density at radius 1 is 1.44 bits per heavy atom. The molecular weight excluding hydrogens is 327 g/mol. The maximum atomic E-state index is 12.2. The lowest BCUT2D eigenvalue weighted by Crippen LogP contribution is -2.34. The fourth-order valence-electron chi connectivity index (χ4n) is 1.24. The molecule has 1 aromatic rings.